The van der Waals surface area contributed by atoms with Gasteiger partial charge in [-0.15, -0.1) is 0 Å². The minimum Gasteiger partial charge on any atom is -0.424 e. The topological polar surface area (TPSA) is 108 Å². The molecular formula is C18H18N2O6. The summed E-state index contributed by atoms with van der Waals surface area (Å²) in [4.78, 5) is 33.5. The van der Waals surface area contributed by atoms with E-state index < -0.39 is 23.2 Å². The predicted molar refractivity (Wildman–Crippen MR) is 92.7 cm³/mol. The summed E-state index contributed by atoms with van der Waals surface area (Å²) in [5.41, 5.74) is 0.571. The number of carbonyl (C=O) groups excluding carboxylic acids is 2. The third kappa shape index (κ3) is 5.30. The summed E-state index contributed by atoms with van der Waals surface area (Å²) in [5.74, 6) is -0.148. The van der Waals surface area contributed by atoms with Crippen LogP contribution in [-0.4, -0.2) is 23.0 Å². The smallest absolute Gasteiger partial charge is 0.424 e. The molecule has 0 aliphatic heterocycles. The highest BCUT2D eigenvalue weighted by molar-refractivity contribution is 5.73. The molecule has 26 heavy (non-hydrogen) atoms. The summed E-state index contributed by atoms with van der Waals surface area (Å²) in [5, 5.41) is 13.3. The third-order valence-electron chi connectivity index (χ3n) is 3.49. The van der Waals surface area contributed by atoms with Crippen molar-refractivity contribution in [2.24, 2.45) is 0 Å². The van der Waals surface area contributed by atoms with E-state index in [0.717, 1.165) is 0 Å². The second-order valence-electron chi connectivity index (χ2n) is 5.54. The predicted octanol–water partition coefficient (Wildman–Crippen LogP) is 3.38. The van der Waals surface area contributed by atoms with Gasteiger partial charge in [0.05, 0.1) is 11.0 Å². The zero-order valence-electron chi connectivity index (χ0n) is 14.2. The number of carbonyl (C=O) groups is 2. The van der Waals surface area contributed by atoms with Gasteiger partial charge in [-0.1, -0.05) is 30.3 Å². The van der Waals surface area contributed by atoms with Gasteiger partial charge in [0.15, 0.2) is 6.10 Å². The van der Waals surface area contributed by atoms with Crippen molar-refractivity contribution in [3.63, 3.8) is 0 Å². The summed E-state index contributed by atoms with van der Waals surface area (Å²) in [6.07, 6.45) is -1.74. The maximum absolute atomic E-state index is 12.1. The normalized spacial score (nSPS) is 12.5. The van der Waals surface area contributed by atoms with Crippen molar-refractivity contribution >= 4 is 17.7 Å². The van der Waals surface area contributed by atoms with Gasteiger partial charge in [-0.2, -0.15) is 0 Å². The molecule has 0 radical (unpaired) electrons. The molecule has 0 bridgehead atoms. The van der Waals surface area contributed by atoms with E-state index in [1.807, 2.05) is 6.07 Å². The fraction of sp³-hybridized carbons (Fsp3) is 0.222. The fourth-order valence-electron chi connectivity index (χ4n) is 2.36. The van der Waals surface area contributed by atoms with E-state index in [1.165, 1.54) is 31.2 Å². The first-order chi connectivity index (χ1) is 12.4. The second kappa shape index (κ2) is 8.61. The maximum atomic E-state index is 12.1. The van der Waals surface area contributed by atoms with Crippen LogP contribution in [0.25, 0.3) is 0 Å². The lowest BCUT2D eigenvalue weighted by molar-refractivity contribution is -0.384. The number of non-ortho nitro benzene ring substituents is 1. The maximum Gasteiger partial charge on any atom is 0.514 e. The number of hydrogen-bond acceptors (Lipinski definition) is 6. The van der Waals surface area contributed by atoms with Crippen LogP contribution in [0.2, 0.25) is 0 Å². The molecule has 0 aliphatic carbocycles. The van der Waals surface area contributed by atoms with Gasteiger partial charge in [0, 0.05) is 19.1 Å². The number of amides is 1. The number of nitro benzene ring substituents is 1. The van der Waals surface area contributed by atoms with Crippen molar-refractivity contribution in [3.8, 4) is 5.75 Å². The number of nitrogens with zero attached hydrogens (tertiary/aromatic N) is 1. The molecule has 2 rings (SSSR count). The van der Waals surface area contributed by atoms with Crippen molar-refractivity contribution in [2.75, 3.05) is 0 Å². The van der Waals surface area contributed by atoms with Gasteiger partial charge in [-0.3, -0.25) is 14.9 Å². The number of benzene rings is 2. The van der Waals surface area contributed by atoms with Crippen LogP contribution >= 0.6 is 0 Å². The number of ether oxygens (including phenoxy) is 2. The Hall–Kier alpha value is -3.42. The lowest BCUT2D eigenvalue weighted by atomic mass is 10.0. The second-order valence-corrected chi connectivity index (χ2v) is 5.54. The van der Waals surface area contributed by atoms with E-state index in [9.17, 15) is 19.7 Å². The summed E-state index contributed by atoms with van der Waals surface area (Å²) in [6.45, 7) is 3.08. The van der Waals surface area contributed by atoms with Crippen LogP contribution in [0.4, 0.5) is 10.5 Å². The van der Waals surface area contributed by atoms with Crippen molar-refractivity contribution in [1.82, 2.24) is 5.32 Å². The minimum atomic E-state index is -0.982. The molecule has 2 aromatic rings. The Kier molecular flexibility index (Phi) is 6.26. The Morgan fingerprint density at radius 1 is 1.08 bits per heavy atom. The highest BCUT2D eigenvalue weighted by atomic mass is 16.7. The first-order valence-corrected chi connectivity index (χ1v) is 7.82. The molecule has 8 nitrogen and oxygen atoms in total. The summed E-state index contributed by atoms with van der Waals surface area (Å²) >= 11 is 0. The molecule has 2 aromatic carbocycles. The molecule has 136 valence electrons. The first kappa shape index (κ1) is 18.9. The van der Waals surface area contributed by atoms with Crippen LogP contribution in [0.5, 0.6) is 5.75 Å². The first-order valence-electron chi connectivity index (χ1n) is 7.82. The van der Waals surface area contributed by atoms with Crippen molar-refractivity contribution in [3.05, 3.63) is 70.3 Å². The van der Waals surface area contributed by atoms with Gasteiger partial charge in [0.25, 0.3) is 5.69 Å². The fourth-order valence-corrected chi connectivity index (χ4v) is 2.36. The van der Waals surface area contributed by atoms with Gasteiger partial charge in [-0.05, 0) is 24.6 Å². The van der Waals surface area contributed by atoms with Gasteiger partial charge in [0.2, 0.25) is 5.91 Å². The SMILES string of the molecule is CC(=O)N[C@H](C)[C@@H](OC(=O)Oc1ccc([N+](=O)[O-])cc1)c1ccccc1. The molecular weight excluding hydrogens is 340 g/mol. The van der Waals surface area contributed by atoms with Crippen LogP contribution in [0.3, 0.4) is 0 Å². The molecule has 0 saturated heterocycles. The molecule has 2 atom stereocenters. The summed E-state index contributed by atoms with van der Waals surface area (Å²) in [7, 11) is 0. The van der Waals surface area contributed by atoms with E-state index in [4.69, 9.17) is 9.47 Å². The van der Waals surface area contributed by atoms with Gasteiger partial charge < -0.3 is 14.8 Å². The van der Waals surface area contributed by atoms with Crippen molar-refractivity contribution < 1.29 is 24.0 Å². The van der Waals surface area contributed by atoms with E-state index in [1.54, 1.807) is 31.2 Å². The highest BCUT2D eigenvalue weighted by Gasteiger charge is 2.25. The minimum absolute atomic E-state index is 0.111. The third-order valence-corrected chi connectivity index (χ3v) is 3.49. The molecule has 0 fully saturated rings. The van der Waals surface area contributed by atoms with Crippen LogP contribution in [-0.2, 0) is 9.53 Å². The van der Waals surface area contributed by atoms with Crippen molar-refractivity contribution in [1.29, 1.82) is 0 Å². The molecule has 0 spiro atoms. The van der Waals surface area contributed by atoms with E-state index >= 15 is 0 Å². The molecule has 0 aromatic heterocycles. The molecule has 1 N–H and O–H groups in total. The van der Waals surface area contributed by atoms with Crippen LogP contribution in [0.15, 0.2) is 54.6 Å². The van der Waals surface area contributed by atoms with Gasteiger partial charge in [0.1, 0.15) is 5.75 Å². The number of rotatable bonds is 6. The van der Waals surface area contributed by atoms with Crippen molar-refractivity contribution in [2.45, 2.75) is 26.0 Å². The largest absolute Gasteiger partial charge is 0.514 e. The molecule has 0 saturated carbocycles. The monoisotopic (exact) mass is 358 g/mol. The van der Waals surface area contributed by atoms with E-state index in [2.05, 4.69) is 5.32 Å². The molecule has 0 aliphatic rings. The number of nitro groups is 1. The van der Waals surface area contributed by atoms with Gasteiger partial charge in [-0.25, -0.2) is 4.79 Å². The zero-order chi connectivity index (χ0) is 19.1. The molecule has 0 unspecified atom stereocenters. The lowest BCUT2D eigenvalue weighted by Gasteiger charge is -2.24. The Labute approximate surface area is 149 Å². The Morgan fingerprint density at radius 2 is 1.69 bits per heavy atom. The van der Waals surface area contributed by atoms with Crippen LogP contribution < -0.4 is 10.1 Å². The van der Waals surface area contributed by atoms with Crippen LogP contribution in [0.1, 0.15) is 25.5 Å². The lowest BCUT2D eigenvalue weighted by Crippen LogP contribution is -2.37. The average Bonchev–Trinajstić information content (AvgIpc) is 2.60. The number of hydrogen-bond donors (Lipinski definition) is 1. The van der Waals surface area contributed by atoms with E-state index in [-0.39, 0.29) is 17.3 Å². The quantitative estimate of drug-likeness (QED) is 0.367. The summed E-state index contributed by atoms with van der Waals surface area (Å²) < 4.78 is 10.4. The Morgan fingerprint density at radius 3 is 2.23 bits per heavy atom. The Balaban J connectivity index is 2.10. The Bertz CT molecular complexity index is 776. The summed E-state index contributed by atoms with van der Waals surface area (Å²) in [6, 6.07) is 13.5. The molecule has 1 amide bonds. The zero-order valence-corrected chi connectivity index (χ0v) is 14.2. The average molecular weight is 358 g/mol. The highest BCUT2D eigenvalue weighted by Crippen LogP contribution is 2.23. The van der Waals surface area contributed by atoms with E-state index in [0.29, 0.717) is 5.56 Å². The molecule has 8 heteroatoms. The van der Waals surface area contributed by atoms with Crippen LogP contribution in [0, 0.1) is 10.1 Å². The standard InChI is InChI=1S/C18H18N2O6/c1-12(19-13(2)21)17(14-6-4-3-5-7-14)26-18(22)25-16-10-8-15(9-11-16)20(23)24/h3-12,17H,1-2H3,(H,19,21)/t12-,17-/m1/s1. The molecule has 0 heterocycles. The van der Waals surface area contributed by atoms with Gasteiger partial charge >= 0.3 is 6.16 Å². The number of nitrogens with one attached hydrogen (secondary N) is 1.